The summed E-state index contributed by atoms with van der Waals surface area (Å²) in [6, 6.07) is 7.50. The first kappa shape index (κ1) is 12.3. The number of aromatic nitrogens is 5. The number of hydrogen-bond acceptors (Lipinski definition) is 4. The molecule has 102 valence electrons. The Kier molecular flexibility index (Phi) is 2.94. The Balaban J connectivity index is 1.78. The number of hydrogen-bond donors (Lipinski definition) is 2. The van der Waals surface area contributed by atoms with Crippen molar-refractivity contribution in [1.82, 2.24) is 30.3 Å². The van der Waals surface area contributed by atoms with Gasteiger partial charge in [-0.15, -0.1) is 5.10 Å². The van der Waals surface area contributed by atoms with Gasteiger partial charge >= 0.3 is 0 Å². The van der Waals surface area contributed by atoms with Gasteiger partial charge in [0.1, 0.15) is 5.82 Å². The molecule has 0 saturated carbocycles. The van der Waals surface area contributed by atoms with Crippen molar-refractivity contribution < 1.29 is 4.79 Å². The molecule has 2 heterocycles. The summed E-state index contributed by atoms with van der Waals surface area (Å²) >= 11 is 0. The van der Waals surface area contributed by atoms with Crippen molar-refractivity contribution in [2.24, 2.45) is 7.05 Å². The molecule has 0 spiro atoms. The van der Waals surface area contributed by atoms with Crippen LogP contribution in [-0.2, 0) is 7.05 Å². The van der Waals surface area contributed by atoms with Gasteiger partial charge in [-0.3, -0.25) is 9.48 Å². The summed E-state index contributed by atoms with van der Waals surface area (Å²) in [5.74, 6) is 0.439. The van der Waals surface area contributed by atoms with Gasteiger partial charge in [0.15, 0.2) is 5.69 Å². The van der Waals surface area contributed by atoms with E-state index in [4.69, 9.17) is 0 Å². The van der Waals surface area contributed by atoms with E-state index >= 15 is 0 Å². The standard InChI is InChI=1S/C13H14N6O/c1-8(14-13(20)11-7-19(2)18-17-11)12-15-9-5-3-4-6-10(9)16-12/h3-8H,1-2H3,(H,14,20)(H,15,16). The van der Waals surface area contributed by atoms with Gasteiger partial charge in [-0.05, 0) is 19.1 Å². The van der Waals surface area contributed by atoms with Gasteiger partial charge in [0.25, 0.3) is 5.91 Å². The highest BCUT2D eigenvalue weighted by Gasteiger charge is 2.16. The number of nitrogens with one attached hydrogen (secondary N) is 2. The molecular weight excluding hydrogens is 256 g/mol. The minimum absolute atomic E-state index is 0.239. The Labute approximate surface area is 115 Å². The van der Waals surface area contributed by atoms with Gasteiger partial charge in [0.2, 0.25) is 0 Å². The largest absolute Gasteiger partial charge is 0.341 e. The quantitative estimate of drug-likeness (QED) is 0.748. The zero-order valence-electron chi connectivity index (χ0n) is 11.2. The number of rotatable bonds is 3. The van der Waals surface area contributed by atoms with Gasteiger partial charge < -0.3 is 10.3 Å². The number of benzene rings is 1. The van der Waals surface area contributed by atoms with E-state index in [1.165, 1.54) is 4.68 Å². The van der Waals surface area contributed by atoms with Crippen LogP contribution in [0.3, 0.4) is 0 Å². The third-order valence-electron chi connectivity index (χ3n) is 3.00. The molecule has 0 aliphatic carbocycles. The number of carbonyl (C=O) groups excluding carboxylic acids is 1. The van der Waals surface area contributed by atoms with E-state index < -0.39 is 0 Å². The van der Waals surface area contributed by atoms with Gasteiger partial charge in [-0.25, -0.2) is 4.98 Å². The highest BCUT2D eigenvalue weighted by Crippen LogP contribution is 2.15. The minimum atomic E-state index is -0.272. The molecule has 1 amide bonds. The summed E-state index contributed by atoms with van der Waals surface area (Å²) in [4.78, 5) is 19.6. The lowest BCUT2D eigenvalue weighted by Gasteiger charge is -2.09. The molecule has 1 atom stereocenters. The van der Waals surface area contributed by atoms with Crippen LogP contribution in [-0.4, -0.2) is 30.9 Å². The molecule has 0 radical (unpaired) electrons. The molecule has 0 aliphatic heterocycles. The second-order valence-corrected chi connectivity index (χ2v) is 4.61. The van der Waals surface area contributed by atoms with Crippen LogP contribution in [0.5, 0.6) is 0 Å². The van der Waals surface area contributed by atoms with E-state index in [-0.39, 0.29) is 17.6 Å². The first-order valence-electron chi connectivity index (χ1n) is 6.25. The summed E-state index contributed by atoms with van der Waals surface area (Å²) in [5.41, 5.74) is 2.11. The molecule has 0 saturated heterocycles. The highest BCUT2D eigenvalue weighted by atomic mass is 16.2. The molecule has 0 fully saturated rings. The van der Waals surface area contributed by atoms with E-state index in [9.17, 15) is 4.79 Å². The van der Waals surface area contributed by atoms with E-state index in [0.717, 1.165) is 11.0 Å². The molecule has 3 aromatic rings. The Morgan fingerprint density at radius 3 is 2.90 bits per heavy atom. The van der Waals surface area contributed by atoms with E-state index in [1.54, 1.807) is 13.2 Å². The van der Waals surface area contributed by atoms with Crippen LogP contribution < -0.4 is 5.32 Å². The van der Waals surface area contributed by atoms with Crippen molar-refractivity contribution >= 4 is 16.9 Å². The zero-order valence-corrected chi connectivity index (χ0v) is 11.2. The fourth-order valence-corrected chi connectivity index (χ4v) is 1.97. The van der Waals surface area contributed by atoms with Crippen molar-refractivity contribution in [3.05, 3.63) is 42.0 Å². The van der Waals surface area contributed by atoms with Gasteiger partial charge in [0, 0.05) is 7.05 Å². The van der Waals surface area contributed by atoms with E-state index in [2.05, 4.69) is 25.6 Å². The number of aromatic amines is 1. The molecule has 7 nitrogen and oxygen atoms in total. The van der Waals surface area contributed by atoms with Crippen LogP contribution in [0, 0.1) is 0 Å². The number of carbonyl (C=O) groups is 1. The molecular formula is C13H14N6O. The van der Waals surface area contributed by atoms with E-state index in [0.29, 0.717) is 5.82 Å². The number of para-hydroxylation sites is 2. The maximum absolute atomic E-state index is 12.0. The number of fused-ring (bicyclic) bond motifs is 1. The molecule has 7 heteroatoms. The number of nitrogens with zero attached hydrogens (tertiary/aromatic N) is 4. The summed E-state index contributed by atoms with van der Waals surface area (Å²) < 4.78 is 1.49. The molecule has 1 aromatic carbocycles. The first-order valence-corrected chi connectivity index (χ1v) is 6.25. The molecule has 20 heavy (non-hydrogen) atoms. The predicted molar refractivity (Wildman–Crippen MR) is 73.0 cm³/mol. The molecule has 1 unspecified atom stereocenters. The van der Waals surface area contributed by atoms with Crippen molar-refractivity contribution in [2.75, 3.05) is 0 Å². The summed E-state index contributed by atoms with van der Waals surface area (Å²) in [6.45, 7) is 1.87. The van der Waals surface area contributed by atoms with Gasteiger partial charge in [-0.2, -0.15) is 0 Å². The SMILES string of the molecule is CC(NC(=O)c1cn(C)nn1)c1nc2ccccc2[nH]1. The normalized spacial score (nSPS) is 12.5. The summed E-state index contributed by atoms with van der Waals surface area (Å²) in [5, 5.41) is 10.3. The van der Waals surface area contributed by atoms with Crippen LogP contribution in [0.15, 0.2) is 30.5 Å². The fourth-order valence-electron chi connectivity index (χ4n) is 1.97. The van der Waals surface area contributed by atoms with Crippen LogP contribution in [0.25, 0.3) is 11.0 Å². The molecule has 2 aromatic heterocycles. The molecule has 3 rings (SSSR count). The average molecular weight is 270 g/mol. The lowest BCUT2D eigenvalue weighted by molar-refractivity contribution is 0.0933. The van der Waals surface area contributed by atoms with Gasteiger partial charge in [0.05, 0.1) is 23.3 Å². The smallest absolute Gasteiger partial charge is 0.274 e. The highest BCUT2D eigenvalue weighted by molar-refractivity contribution is 5.92. The summed E-state index contributed by atoms with van der Waals surface area (Å²) in [6.07, 6.45) is 1.57. The topological polar surface area (TPSA) is 88.5 Å². The van der Waals surface area contributed by atoms with Crippen molar-refractivity contribution in [3.63, 3.8) is 0 Å². The van der Waals surface area contributed by atoms with Crippen molar-refractivity contribution in [1.29, 1.82) is 0 Å². The molecule has 2 N–H and O–H groups in total. The molecule has 0 aliphatic rings. The van der Waals surface area contributed by atoms with Crippen LogP contribution in [0.4, 0.5) is 0 Å². The third kappa shape index (κ3) is 2.25. The first-order chi connectivity index (χ1) is 9.63. The second kappa shape index (κ2) is 4.76. The number of imidazole rings is 1. The molecule has 0 bridgehead atoms. The second-order valence-electron chi connectivity index (χ2n) is 4.61. The van der Waals surface area contributed by atoms with Crippen LogP contribution in [0.2, 0.25) is 0 Å². The third-order valence-corrected chi connectivity index (χ3v) is 3.00. The monoisotopic (exact) mass is 270 g/mol. The Morgan fingerprint density at radius 2 is 2.20 bits per heavy atom. The lowest BCUT2D eigenvalue weighted by Crippen LogP contribution is -2.27. The maximum Gasteiger partial charge on any atom is 0.274 e. The van der Waals surface area contributed by atoms with Crippen molar-refractivity contribution in [2.45, 2.75) is 13.0 Å². The average Bonchev–Trinajstić information content (AvgIpc) is 3.04. The minimum Gasteiger partial charge on any atom is -0.341 e. The number of amides is 1. The maximum atomic E-state index is 12.0. The van der Waals surface area contributed by atoms with Crippen LogP contribution in [0.1, 0.15) is 29.3 Å². The van der Waals surface area contributed by atoms with Crippen LogP contribution >= 0.6 is 0 Å². The Bertz CT molecular complexity index is 726. The summed E-state index contributed by atoms with van der Waals surface area (Å²) in [7, 11) is 1.71. The Morgan fingerprint density at radius 1 is 1.40 bits per heavy atom. The lowest BCUT2D eigenvalue weighted by atomic mass is 10.3. The zero-order chi connectivity index (χ0) is 14.1. The predicted octanol–water partition coefficient (Wildman–Crippen LogP) is 1.18. The van der Waals surface area contributed by atoms with E-state index in [1.807, 2.05) is 31.2 Å². The number of aryl methyl sites for hydroxylation is 1. The Hall–Kier alpha value is -2.70. The van der Waals surface area contributed by atoms with Gasteiger partial charge in [-0.1, -0.05) is 17.3 Å². The number of H-pyrrole nitrogens is 1. The van der Waals surface area contributed by atoms with Crippen molar-refractivity contribution in [3.8, 4) is 0 Å². The fraction of sp³-hybridized carbons (Fsp3) is 0.231.